The zero-order valence-corrected chi connectivity index (χ0v) is 50.8. The van der Waals surface area contributed by atoms with E-state index >= 15 is 0 Å². The molecule has 0 amide bonds. The maximum absolute atomic E-state index is 10.3. The van der Waals surface area contributed by atoms with Crippen LogP contribution in [0.3, 0.4) is 0 Å². The number of fused-ring (bicyclic) bond motifs is 4. The van der Waals surface area contributed by atoms with Crippen LogP contribution in [0.25, 0.3) is 94.5 Å². The van der Waals surface area contributed by atoms with Crippen LogP contribution >= 0.6 is 0 Å². The molecule has 3 heterocycles. The number of ether oxygens (including phenoxy) is 1. The van der Waals surface area contributed by atoms with Gasteiger partial charge in [-0.3, -0.25) is 4.57 Å². The molecular weight excluding hydrogens is 1290 g/mol. The molecular formula is C83H62N4OPtSi-2. The largest absolute Gasteiger partial charge is 0.510 e. The van der Waals surface area contributed by atoms with E-state index in [1.807, 2.05) is 20.8 Å². The predicted molar refractivity (Wildman–Crippen MR) is 369 cm³/mol. The van der Waals surface area contributed by atoms with Gasteiger partial charge in [-0.1, -0.05) is 268 Å². The summed E-state index contributed by atoms with van der Waals surface area (Å²) >= 11 is 0. The van der Waals surface area contributed by atoms with Crippen LogP contribution in [-0.2, 0) is 26.5 Å². The van der Waals surface area contributed by atoms with Crippen LogP contribution in [0.4, 0.5) is 0 Å². The number of benzene rings is 12. The molecule has 0 N–H and O–H groups in total. The van der Waals surface area contributed by atoms with Gasteiger partial charge in [0.05, 0.1) is 57.8 Å². The molecule has 0 spiro atoms. The van der Waals surface area contributed by atoms with E-state index in [0.29, 0.717) is 21.9 Å². The first kappa shape index (κ1) is 31.3. The molecule has 0 saturated heterocycles. The Balaban J connectivity index is 0.0000123. The van der Waals surface area contributed by atoms with Crippen LogP contribution < -0.4 is 30.1 Å². The van der Waals surface area contributed by atoms with Crippen LogP contribution in [0, 0.1) is 25.3 Å². The first-order valence-corrected chi connectivity index (χ1v) is 29.7. The molecule has 3 aromatic heterocycles. The molecule has 5 nitrogen and oxygen atoms in total. The third-order valence-corrected chi connectivity index (χ3v) is 19.5. The van der Waals surface area contributed by atoms with Gasteiger partial charge in [-0.05, 0) is 118 Å². The van der Waals surface area contributed by atoms with Crippen molar-refractivity contribution < 1.29 is 75.6 Å². The zero-order chi connectivity index (χ0) is 88.7. The third kappa shape index (κ3) is 10.4. The second kappa shape index (κ2) is 24.0. The van der Waals surface area contributed by atoms with Gasteiger partial charge in [0, 0.05) is 54.0 Å². The van der Waals surface area contributed by atoms with Gasteiger partial charge < -0.3 is 13.9 Å². The van der Waals surface area contributed by atoms with Crippen LogP contribution in [0.5, 0.6) is 11.5 Å². The van der Waals surface area contributed by atoms with Crippen molar-refractivity contribution >= 4 is 61.7 Å². The maximum atomic E-state index is 10.3. The molecule has 0 aliphatic rings. The molecule has 15 aromatic rings. The summed E-state index contributed by atoms with van der Waals surface area (Å²) in [5, 5.41) is -2.36. The number of hydrogen-bond acceptors (Lipinski definition) is 2. The van der Waals surface area contributed by atoms with Gasteiger partial charge in [0.25, 0.3) is 6.33 Å². The molecule has 436 valence electrons. The minimum atomic E-state index is -6.51. The van der Waals surface area contributed by atoms with Gasteiger partial charge >= 0.3 is 0 Å². The summed E-state index contributed by atoms with van der Waals surface area (Å²) in [6.07, 6.45) is 4.51. The number of aromatic nitrogens is 4. The molecule has 7 heteroatoms. The molecule has 0 aliphatic carbocycles. The van der Waals surface area contributed by atoms with Crippen molar-refractivity contribution in [2.75, 3.05) is 0 Å². The van der Waals surface area contributed by atoms with Crippen molar-refractivity contribution in [2.45, 2.75) is 33.0 Å². The van der Waals surface area contributed by atoms with Crippen molar-refractivity contribution in [3.05, 3.63) is 332 Å². The number of rotatable bonds is 13. The normalized spacial score (nSPS) is 17.0. The second-order valence-corrected chi connectivity index (χ2v) is 25.0. The Labute approximate surface area is 588 Å². The maximum Gasteiger partial charge on any atom is 0.268 e. The van der Waals surface area contributed by atoms with E-state index in [-0.39, 0.29) is 99.7 Å². The summed E-state index contributed by atoms with van der Waals surface area (Å²) in [7, 11) is -6.51. The Hall–Kier alpha value is -10.2. The molecule has 0 fully saturated rings. The Morgan fingerprint density at radius 2 is 1.10 bits per heavy atom. The van der Waals surface area contributed by atoms with Gasteiger partial charge in [-0.15, -0.1) is 29.7 Å². The summed E-state index contributed by atoms with van der Waals surface area (Å²) in [5.41, 5.74) is -2.33. The fraction of sp³-hybridized carbons (Fsp3) is 0.0602. The number of para-hydroxylation sites is 1. The van der Waals surface area contributed by atoms with Crippen LogP contribution in [0.1, 0.15) is 77.1 Å². The minimum absolute atomic E-state index is 0. The van der Waals surface area contributed by atoms with Crippen molar-refractivity contribution in [1.82, 2.24) is 14.1 Å². The standard InChI is InChI=1S/C83H62N4OSi.Pt/c1-58-49-81(84-56-75(58)61-31-15-7-16-32-61)87-76-44-24-23-43-72(76)73-47-46-68(55-78(73)87)88-67-36-26-35-66(54-67)85-57-86(77-48-45-62(52-79(77)85)59-27-11-5-12-28-59)82-74(63-33-25-34-65(50-63)83(2,3)4)51-64(60-29-13-6-14-30-60)53-80(82)89(69-37-17-8-18-38-69,70-39-19-9-20-40-70)71-41-21-10-22-42-71;/h5-53,56H,1-4H3;/q-2;/i1D3,5D,6D,7D,8D,9D,10D,11D,12D,13D,14D,15D,16D,17D,18D,19D,20D,21D,22D,27D,28D,29D,30D,31D,32D,37D,38D,39D,40D,41D,42D;. The van der Waals surface area contributed by atoms with E-state index in [2.05, 4.69) is 23.4 Å². The SMILES string of the molecule is [2H]c1c([2H])c([2H])c(-c2cc(-c3cccc(C(C)(C)C)c3)c(-[n+]3[c-]n(-c4[c-]c(Oc5[c-]c6c(cc5)c5ccccc5n6-c5cc(C([2H])([2H])[2H])c(-c6c([2H])c([2H])c([2H])c([2H])c6[2H])cn5)ccc4)c4cc(-c5c([2H])c([2H])c([2H])c([2H])c5[2H])ccc43)c([Si](c3c([2H])c([2H])c([2H])c([2H])c3[2H])(c3c([2H])c([2H])c([2H])c([2H])c3[2H])c3c([2H])c([2H])c([2H])c([2H])c3[2H])c2)c([2H])c1[2H].[Pt]. The van der Waals surface area contributed by atoms with E-state index in [9.17, 15) is 21.9 Å². The van der Waals surface area contributed by atoms with Gasteiger partial charge in [-0.25, -0.2) is 4.98 Å². The number of nitrogens with zero attached hydrogens (tertiary/aromatic N) is 4. The van der Waals surface area contributed by atoms with Crippen LogP contribution in [0.2, 0.25) is 0 Å². The van der Waals surface area contributed by atoms with Crippen LogP contribution in [-0.4, -0.2) is 22.2 Å². The first-order valence-electron chi connectivity index (χ1n) is 44.2. The number of aryl methyl sites for hydroxylation is 1. The summed E-state index contributed by atoms with van der Waals surface area (Å²) < 4.78 is 318. The quantitative estimate of drug-likeness (QED) is 0.0499. The van der Waals surface area contributed by atoms with Crippen LogP contribution in [0.15, 0.2) is 303 Å². The van der Waals surface area contributed by atoms with E-state index in [1.54, 1.807) is 65.2 Å². The Morgan fingerprint density at radius 1 is 0.500 bits per heavy atom. The first-order chi connectivity index (χ1) is 57.3. The molecule has 0 saturated carbocycles. The van der Waals surface area contributed by atoms with Gasteiger partial charge in [0.15, 0.2) is 8.07 Å². The number of hydrogen-bond donors (Lipinski definition) is 0. The van der Waals surface area contributed by atoms with E-state index in [0.717, 1.165) is 12.3 Å². The average Bonchev–Trinajstić information content (AvgIpc) is 1.42. The number of imidazole rings is 1. The van der Waals surface area contributed by atoms with Crippen molar-refractivity contribution in [1.29, 1.82) is 0 Å². The molecule has 90 heavy (non-hydrogen) atoms. The monoisotopic (exact) mass is 1390 g/mol. The molecule has 12 aromatic carbocycles. The van der Waals surface area contributed by atoms with Crippen molar-refractivity contribution in [3.63, 3.8) is 0 Å². The molecule has 0 aliphatic heterocycles. The molecule has 0 bridgehead atoms. The average molecular weight is 1390 g/mol. The van der Waals surface area contributed by atoms with Crippen molar-refractivity contribution in [3.8, 4) is 73.2 Å². The number of pyridine rings is 1. The zero-order valence-electron chi connectivity index (χ0n) is 80.6. The Bertz CT molecular complexity index is 6780. The van der Waals surface area contributed by atoms with Gasteiger partial charge in [0.2, 0.25) is 0 Å². The van der Waals surface area contributed by atoms with E-state index < -0.39 is 239 Å². The predicted octanol–water partition coefficient (Wildman–Crippen LogP) is 17.2. The fourth-order valence-corrected chi connectivity index (χ4v) is 15.3. The Morgan fingerprint density at radius 3 is 1.74 bits per heavy atom. The molecule has 0 radical (unpaired) electrons. The minimum Gasteiger partial charge on any atom is -0.510 e. The summed E-state index contributed by atoms with van der Waals surface area (Å²) in [4.78, 5) is 4.68. The molecule has 0 atom stereocenters. The smallest absolute Gasteiger partial charge is 0.268 e. The molecule has 0 unspecified atom stereocenters. The van der Waals surface area contributed by atoms with Gasteiger partial charge in [-0.2, -0.15) is 18.2 Å². The summed E-state index contributed by atoms with van der Waals surface area (Å²) in [6.45, 7) is 2.65. The van der Waals surface area contributed by atoms with Crippen molar-refractivity contribution in [2.24, 2.45) is 0 Å². The molecule has 15 rings (SSSR count). The Kier molecular flexibility index (Phi) is 8.36. The second-order valence-electron chi connectivity index (χ2n) is 21.5. The van der Waals surface area contributed by atoms with E-state index in [4.69, 9.17) is 28.0 Å². The third-order valence-electron chi connectivity index (χ3n) is 15.3. The summed E-state index contributed by atoms with van der Waals surface area (Å²) in [5.74, 6) is -0.103. The summed E-state index contributed by atoms with van der Waals surface area (Å²) in [6, 6.07) is 7.77. The van der Waals surface area contributed by atoms with Gasteiger partial charge in [0.1, 0.15) is 5.82 Å². The van der Waals surface area contributed by atoms with E-state index in [1.165, 1.54) is 57.7 Å². The fourth-order valence-electron chi connectivity index (χ4n) is 11.2. The topological polar surface area (TPSA) is 35.9 Å².